The number of aliphatic hydroxyl groups excluding tert-OH is 1. The van der Waals surface area contributed by atoms with Crippen LogP contribution in [0.1, 0.15) is 31.0 Å². The largest absolute Gasteiger partial charge is 0.491 e. The van der Waals surface area contributed by atoms with Gasteiger partial charge in [-0.05, 0) is 33.9 Å². The lowest BCUT2D eigenvalue weighted by molar-refractivity contribution is 0.122. The molecule has 0 aliphatic carbocycles. The van der Waals surface area contributed by atoms with Gasteiger partial charge in [-0.3, -0.25) is 0 Å². The highest BCUT2D eigenvalue weighted by atomic mass is 16.5. The van der Waals surface area contributed by atoms with Crippen molar-refractivity contribution in [1.82, 2.24) is 5.32 Å². The molecule has 90 valence electrons. The Morgan fingerprint density at radius 1 is 1.38 bits per heavy atom. The van der Waals surface area contributed by atoms with Crippen LogP contribution in [0.15, 0.2) is 18.2 Å². The van der Waals surface area contributed by atoms with Gasteiger partial charge < -0.3 is 15.2 Å². The van der Waals surface area contributed by atoms with Crippen LogP contribution in [0.4, 0.5) is 0 Å². The van der Waals surface area contributed by atoms with Crippen LogP contribution >= 0.6 is 0 Å². The molecule has 0 saturated carbocycles. The summed E-state index contributed by atoms with van der Waals surface area (Å²) < 4.78 is 5.59. The topological polar surface area (TPSA) is 41.5 Å². The van der Waals surface area contributed by atoms with Crippen LogP contribution in [0.2, 0.25) is 0 Å². The first-order valence-corrected chi connectivity index (χ1v) is 5.63. The lowest BCUT2D eigenvalue weighted by atomic mass is 10.0. The Labute approximate surface area is 97.4 Å². The minimum absolute atomic E-state index is 0.240. The van der Waals surface area contributed by atoms with Crippen LogP contribution in [-0.4, -0.2) is 24.9 Å². The van der Waals surface area contributed by atoms with Crippen LogP contribution in [0.3, 0.4) is 0 Å². The van der Waals surface area contributed by atoms with Crippen LogP contribution in [0.5, 0.6) is 5.75 Å². The highest BCUT2D eigenvalue weighted by Gasteiger charge is 2.10. The van der Waals surface area contributed by atoms with Crippen molar-refractivity contribution in [3.05, 3.63) is 29.3 Å². The molecule has 0 radical (unpaired) electrons. The smallest absolute Gasteiger partial charge is 0.124 e. The number of hydrogen-bond acceptors (Lipinski definition) is 3. The molecule has 0 amide bonds. The first-order chi connectivity index (χ1) is 7.54. The molecule has 0 bridgehead atoms. The van der Waals surface area contributed by atoms with Crippen molar-refractivity contribution in [2.24, 2.45) is 0 Å². The first kappa shape index (κ1) is 13.0. The predicted octanol–water partition coefficient (Wildman–Crippen LogP) is 2.04. The van der Waals surface area contributed by atoms with E-state index >= 15 is 0 Å². The number of benzene rings is 1. The zero-order valence-electron chi connectivity index (χ0n) is 10.4. The second-order valence-corrected chi connectivity index (χ2v) is 4.21. The summed E-state index contributed by atoms with van der Waals surface area (Å²) in [7, 11) is 1.92. The Balaban J connectivity index is 2.89. The average molecular weight is 223 g/mol. The summed E-state index contributed by atoms with van der Waals surface area (Å²) in [5.41, 5.74) is 2.34. The molecule has 0 aliphatic rings. The monoisotopic (exact) mass is 223 g/mol. The van der Waals surface area contributed by atoms with Crippen molar-refractivity contribution in [1.29, 1.82) is 0 Å². The van der Waals surface area contributed by atoms with Crippen LogP contribution < -0.4 is 10.1 Å². The van der Waals surface area contributed by atoms with E-state index < -0.39 is 6.10 Å². The third kappa shape index (κ3) is 3.51. The van der Waals surface area contributed by atoms with Gasteiger partial charge in [-0.1, -0.05) is 17.7 Å². The Morgan fingerprint density at radius 2 is 2.06 bits per heavy atom. The normalized spacial score (nSPS) is 14.6. The summed E-state index contributed by atoms with van der Waals surface area (Å²) >= 11 is 0. The van der Waals surface area contributed by atoms with Crippen molar-refractivity contribution < 1.29 is 9.84 Å². The minimum atomic E-state index is -0.445. The van der Waals surface area contributed by atoms with Crippen molar-refractivity contribution >= 4 is 0 Å². The average Bonchev–Trinajstić information content (AvgIpc) is 2.26. The lowest BCUT2D eigenvalue weighted by Crippen LogP contribution is -2.17. The fourth-order valence-corrected chi connectivity index (χ4v) is 1.50. The van der Waals surface area contributed by atoms with E-state index in [1.165, 1.54) is 5.56 Å². The Morgan fingerprint density at radius 3 is 2.62 bits per heavy atom. The quantitative estimate of drug-likeness (QED) is 0.802. The van der Waals surface area contributed by atoms with Gasteiger partial charge in [0.15, 0.2) is 0 Å². The number of nitrogens with one attached hydrogen (secondary N) is 1. The zero-order chi connectivity index (χ0) is 12.1. The molecule has 0 saturated heterocycles. The second kappa shape index (κ2) is 5.87. The van der Waals surface area contributed by atoms with E-state index in [0.717, 1.165) is 11.3 Å². The fraction of sp³-hybridized carbons (Fsp3) is 0.538. The maximum atomic E-state index is 9.21. The Kier molecular flexibility index (Phi) is 4.77. The van der Waals surface area contributed by atoms with E-state index in [2.05, 4.69) is 25.2 Å². The summed E-state index contributed by atoms with van der Waals surface area (Å²) in [6.45, 7) is 6.19. The molecule has 0 fully saturated rings. The molecule has 2 N–H and O–H groups in total. The van der Waals surface area contributed by atoms with E-state index in [1.54, 1.807) is 6.92 Å². The van der Waals surface area contributed by atoms with Gasteiger partial charge in [0.25, 0.3) is 0 Å². The van der Waals surface area contributed by atoms with Crippen LogP contribution in [0.25, 0.3) is 0 Å². The van der Waals surface area contributed by atoms with E-state index in [-0.39, 0.29) is 6.04 Å². The number of hydrogen-bond donors (Lipinski definition) is 2. The standard InChI is InChI=1S/C13H21NO2/c1-9-5-6-13(16-8-10(2)15)12(7-9)11(3)14-4/h5-7,10-11,14-15H,8H2,1-4H3. The SMILES string of the molecule is CNC(C)c1cc(C)ccc1OCC(C)O. The fourth-order valence-electron chi connectivity index (χ4n) is 1.50. The molecule has 3 nitrogen and oxygen atoms in total. The summed E-state index contributed by atoms with van der Waals surface area (Å²) in [4.78, 5) is 0. The maximum Gasteiger partial charge on any atom is 0.124 e. The lowest BCUT2D eigenvalue weighted by Gasteiger charge is -2.18. The minimum Gasteiger partial charge on any atom is -0.491 e. The van der Waals surface area contributed by atoms with E-state index in [4.69, 9.17) is 4.74 Å². The van der Waals surface area contributed by atoms with Crippen molar-refractivity contribution in [2.75, 3.05) is 13.7 Å². The molecule has 0 aromatic heterocycles. The number of rotatable bonds is 5. The van der Waals surface area contributed by atoms with Gasteiger partial charge in [0, 0.05) is 11.6 Å². The second-order valence-electron chi connectivity index (χ2n) is 4.21. The third-order valence-corrected chi connectivity index (χ3v) is 2.54. The first-order valence-electron chi connectivity index (χ1n) is 5.63. The van der Waals surface area contributed by atoms with Crippen molar-refractivity contribution in [2.45, 2.75) is 32.9 Å². The summed E-state index contributed by atoms with van der Waals surface area (Å²) in [5.74, 6) is 0.841. The molecule has 2 atom stereocenters. The zero-order valence-corrected chi connectivity index (χ0v) is 10.4. The summed E-state index contributed by atoms with van der Waals surface area (Å²) in [6, 6.07) is 6.33. The van der Waals surface area contributed by atoms with Gasteiger partial charge in [-0.25, -0.2) is 0 Å². The molecule has 3 heteroatoms. The molecule has 0 aliphatic heterocycles. The van der Waals surface area contributed by atoms with Crippen LogP contribution in [0, 0.1) is 6.92 Å². The van der Waals surface area contributed by atoms with E-state index in [1.807, 2.05) is 19.2 Å². The van der Waals surface area contributed by atoms with Gasteiger partial charge in [0.1, 0.15) is 12.4 Å². The summed E-state index contributed by atoms with van der Waals surface area (Å²) in [5, 5.41) is 12.4. The molecule has 0 spiro atoms. The van der Waals surface area contributed by atoms with Gasteiger partial charge in [-0.2, -0.15) is 0 Å². The van der Waals surface area contributed by atoms with Crippen molar-refractivity contribution in [3.8, 4) is 5.75 Å². The number of ether oxygens (including phenoxy) is 1. The third-order valence-electron chi connectivity index (χ3n) is 2.54. The van der Waals surface area contributed by atoms with Crippen LogP contribution in [-0.2, 0) is 0 Å². The highest BCUT2D eigenvalue weighted by molar-refractivity contribution is 5.38. The Hall–Kier alpha value is -1.06. The molecule has 1 rings (SSSR count). The van der Waals surface area contributed by atoms with Gasteiger partial charge >= 0.3 is 0 Å². The molecule has 2 unspecified atom stereocenters. The molecule has 1 aromatic carbocycles. The summed E-state index contributed by atoms with van der Waals surface area (Å²) in [6.07, 6.45) is -0.445. The highest BCUT2D eigenvalue weighted by Crippen LogP contribution is 2.26. The molecule has 0 heterocycles. The molecular weight excluding hydrogens is 202 g/mol. The van der Waals surface area contributed by atoms with Gasteiger partial charge in [0.05, 0.1) is 6.10 Å². The Bertz CT molecular complexity index is 337. The van der Waals surface area contributed by atoms with Crippen molar-refractivity contribution in [3.63, 3.8) is 0 Å². The molecular formula is C13H21NO2. The number of aliphatic hydroxyl groups is 1. The molecule has 1 aromatic rings. The molecule has 16 heavy (non-hydrogen) atoms. The predicted molar refractivity (Wildman–Crippen MR) is 65.8 cm³/mol. The van der Waals surface area contributed by atoms with E-state index in [9.17, 15) is 5.11 Å². The number of aryl methyl sites for hydroxylation is 1. The van der Waals surface area contributed by atoms with Gasteiger partial charge in [-0.15, -0.1) is 0 Å². The maximum absolute atomic E-state index is 9.21. The van der Waals surface area contributed by atoms with E-state index in [0.29, 0.717) is 6.61 Å². The van der Waals surface area contributed by atoms with Gasteiger partial charge in [0.2, 0.25) is 0 Å².